The number of nitrogens with zero attached hydrogens (tertiary/aromatic N) is 3. The third-order valence-electron chi connectivity index (χ3n) is 9.33. The maximum absolute atomic E-state index is 14.3. The van der Waals surface area contributed by atoms with E-state index in [0.717, 1.165) is 28.4 Å². The molecule has 8 N–H and O–H groups in total. The van der Waals surface area contributed by atoms with E-state index in [0.29, 0.717) is 5.92 Å². The maximum Gasteiger partial charge on any atom is 0.334 e. The normalized spacial score (nSPS) is 34.3. The van der Waals surface area contributed by atoms with E-state index in [2.05, 4.69) is 26.9 Å². The fourth-order valence-corrected chi connectivity index (χ4v) is 6.25. The molecule has 19 heteroatoms. The molecule has 0 bridgehead atoms. The Morgan fingerprint density at radius 2 is 1.49 bits per heavy atom. The lowest BCUT2D eigenvalue weighted by molar-refractivity contribution is -0.167. The highest BCUT2D eigenvalue weighted by Gasteiger charge is 2.48. The number of esters is 1. The number of rotatable bonds is 6. The summed E-state index contributed by atoms with van der Waals surface area (Å²) in [6.45, 7) is 3.20. The quantitative estimate of drug-likeness (QED) is 0.0775. The zero-order valence-electron chi connectivity index (χ0n) is 28.9. The first-order valence-corrected chi connectivity index (χ1v) is 17.5. The van der Waals surface area contributed by atoms with Crippen molar-refractivity contribution >= 4 is 47.1 Å². The van der Waals surface area contributed by atoms with E-state index in [9.17, 15) is 44.1 Å². The Kier molecular flexibility index (Phi) is 13.9. The average molecular weight is 741 g/mol. The molecule has 4 rings (SSSR count). The Labute approximate surface area is 300 Å². The molecule has 51 heavy (non-hydrogen) atoms. The fraction of sp³-hybridized carbons (Fsp3) is 0.688. The lowest BCUT2D eigenvalue weighted by atomic mass is 9.98. The number of aliphatic hydroxyl groups excluding tert-OH is 3. The van der Waals surface area contributed by atoms with Crippen LogP contribution in [0.15, 0.2) is 24.3 Å². The van der Waals surface area contributed by atoms with Crippen LogP contribution in [-0.4, -0.2) is 146 Å². The van der Waals surface area contributed by atoms with Gasteiger partial charge in [-0.1, -0.05) is 44.6 Å². The van der Waals surface area contributed by atoms with E-state index in [-0.39, 0.29) is 45.3 Å². The first-order chi connectivity index (χ1) is 24.2. The molecule has 0 saturated carbocycles. The van der Waals surface area contributed by atoms with Crippen molar-refractivity contribution in [2.75, 3.05) is 32.8 Å². The van der Waals surface area contributed by atoms with Crippen LogP contribution < -0.4 is 26.9 Å². The highest BCUT2D eigenvalue weighted by molar-refractivity contribution is 6.21. The first kappa shape index (κ1) is 40.1. The van der Waals surface area contributed by atoms with Crippen molar-refractivity contribution in [3.63, 3.8) is 0 Å². The summed E-state index contributed by atoms with van der Waals surface area (Å²) in [5, 5.41) is 38.3. The zero-order chi connectivity index (χ0) is 37.5. The Morgan fingerprint density at radius 1 is 0.882 bits per heavy atom. The van der Waals surface area contributed by atoms with Gasteiger partial charge in [-0.3, -0.25) is 39.0 Å². The zero-order valence-corrected chi connectivity index (χ0v) is 29.7. The molecule has 0 aromatic carbocycles. The van der Waals surface area contributed by atoms with E-state index in [1.165, 1.54) is 0 Å². The second kappa shape index (κ2) is 17.7. The number of carbonyl (C=O) groups excluding carboxylic acids is 6. The van der Waals surface area contributed by atoms with Crippen molar-refractivity contribution in [1.82, 2.24) is 41.9 Å². The van der Waals surface area contributed by atoms with Gasteiger partial charge in [-0.2, -0.15) is 0 Å². The summed E-state index contributed by atoms with van der Waals surface area (Å²) in [5.41, 5.74) is 6.17. The molecule has 0 aromatic rings. The molecule has 0 radical (unpaired) electrons. The number of cyclic esters (lactones) is 1. The van der Waals surface area contributed by atoms with Gasteiger partial charge in [0.1, 0.15) is 24.2 Å². The lowest BCUT2D eigenvalue weighted by Gasteiger charge is -2.44. The van der Waals surface area contributed by atoms with Gasteiger partial charge in [0.15, 0.2) is 12.1 Å². The third kappa shape index (κ3) is 9.82. The molecule has 4 saturated heterocycles. The third-order valence-corrected chi connectivity index (χ3v) is 9.66. The molecule has 5 amide bonds. The van der Waals surface area contributed by atoms with Crippen LogP contribution in [0.1, 0.15) is 52.9 Å². The molecular formula is C32H49ClN8O10. The number of nitrogens with one attached hydrogen (secondary N) is 5. The number of fused-ring (bicyclic) bond motifs is 3. The van der Waals surface area contributed by atoms with Crippen LogP contribution >= 0.6 is 11.6 Å². The number of hydrazine groups is 3. The van der Waals surface area contributed by atoms with Crippen LogP contribution in [0.25, 0.3) is 0 Å². The Morgan fingerprint density at radius 3 is 2.14 bits per heavy atom. The number of amides is 5. The largest absolute Gasteiger partial charge is 0.454 e. The molecule has 9 atom stereocenters. The Hall–Kier alpha value is -3.65. The highest BCUT2D eigenvalue weighted by Crippen LogP contribution is 2.23. The molecule has 0 aliphatic carbocycles. The smallest absolute Gasteiger partial charge is 0.334 e. The van der Waals surface area contributed by atoms with Gasteiger partial charge in [-0.05, 0) is 25.7 Å². The summed E-state index contributed by atoms with van der Waals surface area (Å²) >= 11 is 6.47. The molecule has 0 aromatic heterocycles. The van der Waals surface area contributed by atoms with Crippen molar-refractivity contribution in [3.8, 4) is 0 Å². The van der Waals surface area contributed by atoms with Gasteiger partial charge < -0.3 is 30.7 Å². The van der Waals surface area contributed by atoms with Crippen LogP contribution in [0.5, 0.6) is 0 Å². The topological polar surface area (TPSA) is 242 Å². The van der Waals surface area contributed by atoms with Gasteiger partial charge >= 0.3 is 5.97 Å². The minimum absolute atomic E-state index is 0.0357. The van der Waals surface area contributed by atoms with Crippen molar-refractivity contribution in [2.24, 2.45) is 5.92 Å². The standard InChI is InChI=1S/C32H49ClN8O10/c1-4-18(2)8-6-5-7-9-22-29(48)41-25(10-19(33)13-34-41)30(49)40-24(12-21(44)15-36-40)28(47)38-32(3,17-42)31(50)51-16-26(45)39-23(27(46)37-22)11-20(43)14-35-39/h5-8,18-25,34-36,42-44H,4,9-17H2,1-3H3,(H,37,46)(H,38,47)/b7-5+,8-6+/t18?,19-,20+,21-,22-,23+,24?,25?,32-/m0/s1. The summed E-state index contributed by atoms with van der Waals surface area (Å²) in [6.07, 6.45) is 5.40. The average Bonchev–Trinajstić information content (AvgIpc) is 3.11. The summed E-state index contributed by atoms with van der Waals surface area (Å²) in [5.74, 6) is -5.00. The number of hydrogen-bond acceptors (Lipinski definition) is 13. The number of hydrogen-bond donors (Lipinski definition) is 8. The molecule has 18 nitrogen and oxygen atoms in total. The lowest BCUT2D eigenvalue weighted by Crippen LogP contribution is -2.71. The number of β-amino-alcohol motifs (C(OH)–C–C–N with tert-alkyl or cyclic N) is 2. The van der Waals surface area contributed by atoms with Crippen LogP contribution in [0.4, 0.5) is 0 Å². The summed E-state index contributed by atoms with van der Waals surface area (Å²) in [6, 6.07) is -5.36. The van der Waals surface area contributed by atoms with Crippen molar-refractivity contribution < 1.29 is 48.8 Å². The summed E-state index contributed by atoms with van der Waals surface area (Å²) in [7, 11) is 0. The Balaban J connectivity index is 1.76. The predicted octanol–water partition coefficient (Wildman–Crippen LogP) is -2.91. The molecular weight excluding hydrogens is 692 g/mol. The second-order valence-corrected chi connectivity index (χ2v) is 14.1. The highest BCUT2D eigenvalue weighted by atomic mass is 35.5. The van der Waals surface area contributed by atoms with E-state index < -0.39 is 96.0 Å². The van der Waals surface area contributed by atoms with Gasteiger partial charge in [0, 0.05) is 32.5 Å². The number of allylic oxidation sites excluding steroid dienone is 3. The second-order valence-electron chi connectivity index (χ2n) is 13.5. The molecule has 4 aliphatic rings. The molecule has 4 aliphatic heterocycles. The van der Waals surface area contributed by atoms with Gasteiger partial charge in [-0.15, -0.1) is 11.6 Å². The fourth-order valence-electron chi connectivity index (χ4n) is 6.01. The van der Waals surface area contributed by atoms with E-state index >= 15 is 0 Å². The number of halogens is 1. The number of carbonyl (C=O) groups is 6. The predicted molar refractivity (Wildman–Crippen MR) is 180 cm³/mol. The van der Waals surface area contributed by atoms with Gasteiger partial charge in [0.2, 0.25) is 11.8 Å². The van der Waals surface area contributed by atoms with Crippen molar-refractivity contribution in [3.05, 3.63) is 24.3 Å². The van der Waals surface area contributed by atoms with Gasteiger partial charge in [-0.25, -0.2) is 21.1 Å². The molecule has 284 valence electrons. The minimum Gasteiger partial charge on any atom is -0.454 e. The SMILES string of the molecule is CCC(C)/C=C/C=C/C[C@@H]1NC(=O)[C@H]2C[C@@H](O)CNN2C(=O)COC(=O)[C@](C)(CO)NC(=O)C2C[C@H](O)CNN2C(=O)C2C[C@H](Cl)CNN2C1=O. The number of aliphatic hydroxyl groups is 3. The van der Waals surface area contributed by atoms with Crippen LogP contribution in [-0.2, 0) is 33.5 Å². The number of ether oxygens (including phenoxy) is 1. The maximum atomic E-state index is 14.3. The molecule has 3 unspecified atom stereocenters. The van der Waals surface area contributed by atoms with Crippen LogP contribution in [0.3, 0.4) is 0 Å². The van der Waals surface area contributed by atoms with Gasteiger partial charge in [0.25, 0.3) is 17.7 Å². The molecule has 4 heterocycles. The van der Waals surface area contributed by atoms with Gasteiger partial charge in [0.05, 0.1) is 24.2 Å². The van der Waals surface area contributed by atoms with Crippen molar-refractivity contribution in [2.45, 2.75) is 100 Å². The molecule has 0 spiro atoms. The monoisotopic (exact) mass is 740 g/mol. The molecule has 4 fully saturated rings. The minimum atomic E-state index is -2.09. The summed E-state index contributed by atoms with van der Waals surface area (Å²) in [4.78, 5) is 82.6. The van der Waals surface area contributed by atoms with E-state index in [1.54, 1.807) is 12.2 Å². The van der Waals surface area contributed by atoms with E-state index in [1.807, 2.05) is 26.0 Å². The van der Waals surface area contributed by atoms with E-state index in [4.69, 9.17) is 16.3 Å². The number of alkyl halides is 1. The first-order valence-electron chi connectivity index (χ1n) is 17.1. The summed E-state index contributed by atoms with van der Waals surface area (Å²) < 4.78 is 5.18. The van der Waals surface area contributed by atoms with Crippen LogP contribution in [0, 0.1) is 5.92 Å². The van der Waals surface area contributed by atoms with Crippen LogP contribution in [0.2, 0.25) is 0 Å². The Bertz CT molecular complexity index is 1390. The van der Waals surface area contributed by atoms with Crippen molar-refractivity contribution in [1.29, 1.82) is 0 Å².